The van der Waals surface area contributed by atoms with Gasteiger partial charge in [-0.25, -0.2) is 0 Å². The molecule has 0 aliphatic rings. The van der Waals surface area contributed by atoms with Crippen molar-refractivity contribution in [3.63, 3.8) is 0 Å². The van der Waals surface area contributed by atoms with Crippen LogP contribution in [0.1, 0.15) is 0 Å². The molecule has 0 aliphatic heterocycles. The van der Waals surface area contributed by atoms with Gasteiger partial charge in [-0.2, -0.15) is 0 Å². The molecule has 0 bridgehead atoms. The maximum absolute atomic E-state index is 11.8. The summed E-state index contributed by atoms with van der Waals surface area (Å²) in [6, 6.07) is -0.694. The van der Waals surface area contributed by atoms with Crippen molar-refractivity contribution in [2.24, 2.45) is 5.73 Å². The molecule has 1 amide bonds. The number of carbonyl (C=O) groups excluding carboxylic acids is 2. The first-order valence-electron chi connectivity index (χ1n) is 5.47. The highest BCUT2D eigenvalue weighted by Crippen LogP contribution is 2.05. The van der Waals surface area contributed by atoms with Gasteiger partial charge in [0.25, 0.3) is 0 Å². The van der Waals surface area contributed by atoms with Crippen molar-refractivity contribution in [1.29, 1.82) is 0 Å². The molecule has 0 heterocycles. The summed E-state index contributed by atoms with van der Waals surface area (Å²) in [6.45, 7) is 8.14. The topological polar surface area (TPSA) is 72.6 Å². The molecule has 1 unspecified atom stereocenters. The molecule has 0 aromatic heterocycles. The second kappa shape index (κ2) is 9.73. The van der Waals surface area contributed by atoms with Crippen LogP contribution < -0.4 is 5.73 Å². The van der Waals surface area contributed by atoms with Gasteiger partial charge in [-0.3, -0.25) is 9.59 Å². The van der Waals surface area contributed by atoms with Crippen LogP contribution in [-0.4, -0.2) is 54.5 Å². The van der Waals surface area contributed by atoms with Crippen LogP contribution in [0.2, 0.25) is 0 Å². The largest absolute Gasteiger partial charge is 0.468 e. The number of thioether (sulfide) groups is 1. The first-order valence-corrected chi connectivity index (χ1v) is 6.63. The van der Waals surface area contributed by atoms with Gasteiger partial charge in [0.05, 0.1) is 12.9 Å². The standard InChI is InChI=1S/C12H20N2O3S/c1-4-6-14(7-5-2)11(15)9-18-8-10(13)12(16)17-3/h4-5,10H,1-2,6-9,13H2,3H3. The summed E-state index contributed by atoms with van der Waals surface area (Å²) in [5, 5.41) is 0. The lowest BCUT2D eigenvalue weighted by molar-refractivity contribution is -0.141. The molecule has 6 heteroatoms. The molecular weight excluding hydrogens is 252 g/mol. The highest BCUT2D eigenvalue weighted by molar-refractivity contribution is 8.00. The maximum Gasteiger partial charge on any atom is 0.323 e. The van der Waals surface area contributed by atoms with Gasteiger partial charge in [-0.15, -0.1) is 24.9 Å². The Morgan fingerprint density at radius 2 is 1.94 bits per heavy atom. The Hall–Kier alpha value is -1.27. The smallest absolute Gasteiger partial charge is 0.323 e. The highest BCUT2D eigenvalue weighted by Gasteiger charge is 2.16. The molecule has 0 aliphatic carbocycles. The summed E-state index contributed by atoms with van der Waals surface area (Å²) >= 11 is 1.31. The van der Waals surface area contributed by atoms with Crippen molar-refractivity contribution in [2.75, 3.05) is 31.7 Å². The van der Waals surface area contributed by atoms with Crippen molar-refractivity contribution < 1.29 is 14.3 Å². The predicted molar refractivity (Wildman–Crippen MR) is 74.3 cm³/mol. The summed E-state index contributed by atoms with van der Waals surface area (Å²) in [5.41, 5.74) is 5.55. The number of hydrogen-bond acceptors (Lipinski definition) is 5. The fourth-order valence-electron chi connectivity index (χ4n) is 1.17. The zero-order chi connectivity index (χ0) is 14.0. The lowest BCUT2D eigenvalue weighted by Gasteiger charge is -2.19. The van der Waals surface area contributed by atoms with Crippen LogP contribution in [0.3, 0.4) is 0 Å². The monoisotopic (exact) mass is 272 g/mol. The molecule has 1 atom stereocenters. The Balaban J connectivity index is 4.03. The number of amides is 1. The van der Waals surface area contributed by atoms with Crippen LogP contribution in [0.15, 0.2) is 25.3 Å². The number of carbonyl (C=O) groups is 2. The van der Waals surface area contributed by atoms with E-state index in [2.05, 4.69) is 17.9 Å². The van der Waals surface area contributed by atoms with Crippen LogP contribution in [0.4, 0.5) is 0 Å². The van der Waals surface area contributed by atoms with E-state index in [0.29, 0.717) is 18.8 Å². The third-order valence-corrected chi connectivity index (χ3v) is 3.12. The number of ether oxygens (including phenoxy) is 1. The Labute approximate surface area is 112 Å². The molecule has 0 saturated heterocycles. The SMILES string of the molecule is C=CCN(CC=C)C(=O)CSCC(N)C(=O)OC. The summed E-state index contributed by atoms with van der Waals surface area (Å²) in [7, 11) is 1.29. The van der Waals surface area contributed by atoms with Crippen molar-refractivity contribution in [1.82, 2.24) is 4.90 Å². The normalized spacial score (nSPS) is 11.4. The maximum atomic E-state index is 11.8. The molecule has 5 nitrogen and oxygen atoms in total. The van der Waals surface area contributed by atoms with E-state index in [9.17, 15) is 9.59 Å². The van der Waals surface area contributed by atoms with Gasteiger partial charge in [-0.05, 0) is 0 Å². The van der Waals surface area contributed by atoms with Gasteiger partial charge in [0, 0.05) is 18.8 Å². The van der Waals surface area contributed by atoms with Crippen molar-refractivity contribution in [3.05, 3.63) is 25.3 Å². The molecular formula is C12H20N2O3S. The molecule has 0 spiro atoms. The number of hydrogen-bond donors (Lipinski definition) is 1. The summed E-state index contributed by atoms with van der Waals surface area (Å²) in [6.07, 6.45) is 3.32. The van der Waals surface area contributed by atoms with Gasteiger partial charge in [0.2, 0.25) is 5.91 Å². The lowest BCUT2D eigenvalue weighted by Crippen LogP contribution is -2.36. The third kappa shape index (κ3) is 6.46. The number of esters is 1. The first kappa shape index (κ1) is 16.7. The Bertz CT molecular complexity index is 298. The van der Waals surface area contributed by atoms with Gasteiger partial charge in [0.1, 0.15) is 6.04 Å². The van der Waals surface area contributed by atoms with Crippen LogP contribution >= 0.6 is 11.8 Å². The van der Waals surface area contributed by atoms with E-state index in [0.717, 1.165) is 0 Å². The van der Waals surface area contributed by atoms with Crippen LogP contribution in [-0.2, 0) is 14.3 Å². The molecule has 2 N–H and O–H groups in total. The number of methoxy groups -OCH3 is 1. The van der Waals surface area contributed by atoms with Crippen LogP contribution in [0, 0.1) is 0 Å². The molecule has 0 saturated carbocycles. The van der Waals surface area contributed by atoms with Crippen LogP contribution in [0.5, 0.6) is 0 Å². The van der Waals surface area contributed by atoms with E-state index < -0.39 is 12.0 Å². The first-order chi connectivity index (χ1) is 8.56. The summed E-state index contributed by atoms with van der Waals surface area (Å²) in [5.74, 6) is 0.127. The van der Waals surface area contributed by atoms with E-state index in [4.69, 9.17) is 5.73 Å². The van der Waals surface area contributed by atoms with Crippen molar-refractivity contribution in [3.8, 4) is 0 Å². The number of nitrogens with two attached hydrogens (primary N) is 1. The molecule has 102 valence electrons. The Morgan fingerprint density at radius 3 is 2.39 bits per heavy atom. The minimum atomic E-state index is -0.694. The molecule has 18 heavy (non-hydrogen) atoms. The zero-order valence-electron chi connectivity index (χ0n) is 10.6. The molecule has 0 rings (SSSR count). The fraction of sp³-hybridized carbons (Fsp3) is 0.500. The van der Waals surface area contributed by atoms with E-state index in [1.165, 1.54) is 18.9 Å². The lowest BCUT2D eigenvalue weighted by atomic mass is 10.4. The zero-order valence-corrected chi connectivity index (χ0v) is 11.4. The molecule has 0 aromatic carbocycles. The minimum absolute atomic E-state index is 0.0307. The predicted octanol–water partition coefficient (Wildman–Crippen LogP) is 0.421. The second-order valence-electron chi connectivity index (χ2n) is 3.52. The Morgan fingerprint density at radius 1 is 1.39 bits per heavy atom. The van der Waals surface area contributed by atoms with Gasteiger partial charge >= 0.3 is 5.97 Å². The third-order valence-electron chi connectivity index (χ3n) is 2.08. The number of rotatable bonds is 9. The quantitative estimate of drug-likeness (QED) is 0.486. The van der Waals surface area contributed by atoms with E-state index in [1.807, 2.05) is 0 Å². The van der Waals surface area contributed by atoms with Crippen molar-refractivity contribution >= 4 is 23.6 Å². The average molecular weight is 272 g/mol. The van der Waals surface area contributed by atoms with E-state index >= 15 is 0 Å². The van der Waals surface area contributed by atoms with Gasteiger partial charge in [0.15, 0.2) is 0 Å². The minimum Gasteiger partial charge on any atom is -0.468 e. The van der Waals surface area contributed by atoms with Crippen molar-refractivity contribution in [2.45, 2.75) is 6.04 Å². The fourth-order valence-corrected chi connectivity index (χ4v) is 2.04. The van der Waals surface area contributed by atoms with Gasteiger partial charge in [-0.1, -0.05) is 12.2 Å². The second-order valence-corrected chi connectivity index (χ2v) is 4.55. The molecule has 0 radical (unpaired) electrons. The summed E-state index contributed by atoms with van der Waals surface area (Å²) in [4.78, 5) is 24.5. The Kier molecular flexibility index (Phi) is 9.04. The van der Waals surface area contributed by atoms with E-state index in [1.54, 1.807) is 17.1 Å². The molecule has 0 aromatic rings. The van der Waals surface area contributed by atoms with Crippen LogP contribution in [0.25, 0.3) is 0 Å². The van der Waals surface area contributed by atoms with Gasteiger partial charge < -0.3 is 15.4 Å². The average Bonchev–Trinajstić information content (AvgIpc) is 2.37. The highest BCUT2D eigenvalue weighted by atomic mass is 32.2. The number of nitrogens with zero attached hydrogens (tertiary/aromatic N) is 1. The summed E-state index contributed by atoms with van der Waals surface area (Å²) < 4.78 is 4.49. The molecule has 0 fully saturated rings. The van der Waals surface area contributed by atoms with E-state index in [-0.39, 0.29) is 11.7 Å².